The Bertz CT molecular complexity index is 374. The molecule has 0 aliphatic heterocycles. The molecule has 1 atom stereocenters. The van der Waals surface area contributed by atoms with Gasteiger partial charge in [-0.2, -0.15) is 0 Å². The van der Waals surface area contributed by atoms with Crippen LogP contribution in [0.25, 0.3) is 0 Å². The lowest BCUT2D eigenvalue weighted by atomic mass is 10.3. The van der Waals surface area contributed by atoms with Crippen LogP contribution in [0.5, 0.6) is 0 Å². The standard InChI is InChI=1S/C17H24O3/c1-2-3-4-5-6-7-8-9-10-11-12-13-14-20-16-17(19)15-18/h3-14,17-19H,2,15-16H2,1H3/b4-3+,6-5+,8-7+,10-9+,12-11+,14-13+. The summed E-state index contributed by atoms with van der Waals surface area (Å²) in [5, 5.41) is 17.5. The van der Waals surface area contributed by atoms with Gasteiger partial charge in [0.15, 0.2) is 0 Å². The molecule has 0 aromatic rings. The molecule has 0 radical (unpaired) electrons. The Morgan fingerprint density at radius 2 is 1.35 bits per heavy atom. The number of hydrogen-bond acceptors (Lipinski definition) is 3. The van der Waals surface area contributed by atoms with Crippen molar-refractivity contribution >= 4 is 0 Å². The van der Waals surface area contributed by atoms with E-state index in [1.807, 2.05) is 54.7 Å². The largest absolute Gasteiger partial charge is 0.498 e. The molecule has 0 amide bonds. The van der Waals surface area contributed by atoms with Crippen LogP contribution in [-0.2, 0) is 4.74 Å². The molecule has 0 rings (SSSR count). The highest BCUT2D eigenvalue weighted by atomic mass is 16.5. The van der Waals surface area contributed by atoms with Crippen LogP contribution >= 0.6 is 0 Å². The summed E-state index contributed by atoms with van der Waals surface area (Å²) in [5.41, 5.74) is 0. The number of hydrogen-bond donors (Lipinski definition) is 2. The summed E-state index contributed by atoms with van der Waals surface area (Å²) in [5.74, 6) is 0. The number of aliphatic hydroxyl groups is 2. The van der Waals surface area contributed by atoms with Gasteiger partial charge in [-0.25, -0.2) is 0 Å². The SMILES string of the molecule is CC/C=C/C=C/C=C/C=C/C=C/C=C/OCC(O)CO. The Hall–Kier alpha value is -1.84. The van der Waals surface area contributed by atoms with Crippen LogP contribution in [0.3, 0.4) is 0 Å². The summed E-state index contributed by atoms with van der Waals surface area (Å²) < 4.78 is 4.98. The van der Waals surface area contributed by atoms with Gasteiger partial charge in [-0.05, 0) is 12.5 Å². The molecular formula is C17H24O3. The number of rotatable bonds is 10. The van der Waals surface area contributed by atoms with E-state index in [1.54, 1.807) is 6.08 Å². The fourth-order valence-corrected chi connectivity index (χ4v) is 1.05. The van der Waals surface area contributed by atoms with Gasteiger partial charge in [0.05, 0.1) is 12.9 Å². The normalized spacial score (nSPS) is 14.9. The molecule has 0 aliphatic carbocycles. The van der Waals surface area contributed by atoms with Crippen LogP contribution in [0.4, 0.5) is 0 Å². The van der Waals surface area contributed by atoms with Gasteiger partial charge in [-0.15, -0.1) is 0 Å². The van der Waals surface area contributed by atoms with Gasteiger partial charge in [0.1, 0.15) is 12.7 Å². The lowest BCUT2D eigenvalue weighted by molar-refractivity contribution is 0.0384. The first-order valence-electron chi connectivity index (χ1n) is 6.70. The minimum absolute atomic E-state index is 0.0955. The van der Waals surface area contributed by atoms with Crippen molar-refractivity contribution in [2.45, 2.75) is 19.4 Å². The molecule has 0 aliphatic rings. The van der Waals surface area contributed by atoms with Crippen molar-refractivity contribution in [3.05, 3.63) is 73.1 Å². The van der Waals surface area contributed by atoms with Gasteiger partial charge < -0.3 is 14.9 Å². The zero-order valence-electron chi connectivity index (χ0n) is 11.9. The maximum atomic E-state index is 8.99. The highest BCUT2D eigenvalue weighted by molar-refractivity contribution is 5.19. The van der Waals surface area contributed by atoms with Gasteiger partial charge in [0, 0.05) is 0 Å². The quantitative estimate of drug-likeness (QED) is 0.476. The average Bonchev–Trinajstić information content (AvgIpc) is 2.47. The van der Waals surface area contributed by atoms with Crippen molar-refractivity contribution in [2.24, 2.45) is 0 Å². The van der Waals surface area contributed by atoms with E-state index in [4.69, 9.17) is 14.9 Å². The second-order valence-corrected chi connectivity index (χ2v) is 3.87. The van der Waals surface area contributed by atoms with Gasteiger partial charge in [-0.1, -0.05) is 67.7 Å². The fourth-order valence-electron chi connectivity index (χ4n) is 1.05. The number of ether oxygens (including phenoxy) is 1. The molecule has 3 nitrogen and oxygen atoms in total. The molecule has 1 unspecified atom stereocenters. The first-order valence-corrected chi connectivity index (χ1v) is 6.70. The van der Waals surface area contributed by atoms with E-state index >= 15 is 0 Å². The van der Waals surface area contributed by atoms with Crippen molar-refractivity contribution in [1.29, 1.82) is 0 Å². The summed E-state index contributed by atoms with van der Waals surface area (Å²) >= 11 is 0. The minimum Gasteiger partial charge on any atom is -0.498 e. The van der Waals surface area contributed by atoms with Crippen LogP contribution in [-0.4, -0.2) is 29.5 Å². The predicted molar refractivity (Wildman–Crippen MR) is 84.2 cm³/mol. The number of aliphatic hydroxyl groups excluding tert-OH is 2. The molecule has 0 aromatic carbocycles. The Morgan fingerprint density at radius 3 is 1.85 bits per heavy atom. The third-order valence-electron chi connectivity index (χ3n) is 2.05. The molecule has 110 valence electrons. The molecule has 0 fully saturated rings. The molecule has 0 aromatic heterocycles. The van der Waals surface area contributed by atoms with Crippen LogP contribution in [0, 0.1) is 0 Å². The van der Waals surface area contributed by atoms with E-state index in [0.29, 0.717) is 0 Å². The van der Waals surface area contributed by atoms with Gasteiger partial charge >= 0.3 is 0 Å². The third kappa shape index (κ3) is 14.2. The second-order valence-electron chi connectivity index (χ2n) is 3.87. The van der Waals surface area contributed by atoms with Gasteiger partial charge in [0.25, 0.3) is 0 Å². The van der Waals surface area contributed by atoms with E-state index in [1.165, 1.54) is 6.26 Å². The zero-order valence-corrected chi connectivity index (χ0v) is 11.9. The summed E-state index contributed by atoms with van der Waals surface area (Å²) in [4.78, 5) is 0. The van der Waals surface area contributed by atoms with Crippen LogP contribution in [0.1, 0.15) is 13.3 Å². The van der Waals surface area contributed by atoms with E-state index in [9.17, 15) is 0 Å². The van der Waals surface area contributed by atoms with Gasteiger partial charge in [0.2, 0.25) is 0 Å². The lowest BCUT2D eigenvalue weighted by Crippen LogP contribution is -2.17. The van der Waals surface area contributed by atoms with Crippen molar-refractivity contribution in [2.75, 3.05) is 13.2 Å². The maximum Gasteiger partial charge on any atom is 0.115 e. The van der Waals surface area contributed by atoms with Crippen molar-refractivity contribution < 1.29 is 14.9 Å². The molecule has 0 saturated carbocycles. The fraction of sp³-hybridized carbons (Fsp3) is 0.294. The topological polar surface area (TPSA) is 49.7 Å². The van der Waals surface area contributed by atoms with Crippen molar-refractivity contribution in [3.63, 3.8) is 0 Å². The third-order valence-corrected chi connectivity index (χ3v) is 2.05. The molecule has 3 heteroatoms. The van der Waals surface area contributed by atoms with Crippen molar-refractivity contribution in [3.8, 4) is 0 Å². The summed E-state index contributed by atoms with van der Waals surface area (Å²) in [6.07, 6.45) is 22.9. The Labute approximate surface area is 121 Å². The molecule has 0 spiro atoms. The van der Waals surface area contributed by atoms with E-state index in [2.05, 4.69) is 13.0 Å². The maximum absolute atomic E-state index is 8.99. The first-order chi connectivity index (χ1) is 9.81. The van der Waals surface area contributed by atoms with Crippen LogP contribution in [0.2, 0.25) is 0 Å². The van der Waals surface area contributed by atoms with E-state index < -0.39 is 6.10 Å². The Balaban J connectivity index is 3.70. The molecule has 0 bridgehead atoms. The summed E-state index contributed by atoms with van der Waals surface area (Å²) in [6.45, 7) is 1.91. The monoisotopic (exact) mass is 276 g/mol. The Kier molecular flexibility index (Phi) is 13.8. The van der Waals surface area contributed by atoms with E-state index in [0.717, 1.165) is 6.42 Å². The predicted octanol–water partition coefficient (Wildman–Crippen LogP) is 3.06. The molecule has 20 heavy (non-hydrogen) atoms. The van der Waals surface area contributed by atoms with Crippen molar-refractivity contribution in [1.82, 2.24) is 0 Å². The molecule has 2 N–H and O–H groups in total. The molecular weight excluding hydrogens is 252 g/mol. The summed E-state index contributed by atoms with van der Waals surface area (Å²) in [7, 11) is 0. The highest BCUT2D eigenvalue weighted by Crippen LogP contribution is 1.88. The number of allylic oxidation sites excluding steroid dienone is 11. The summed E-state index contributed by atoms with van der Waals surface area (Å²) in [6, 6.07) is 0. The van der Waals surface area contributed by atoms with E-state index in [-0.39, 0.29) is 13.2 Å². The minimum atomic E-state index is -0.825. The lowest BCUT2D eigenvalue weighted by Gasteiger charge is -2.04. The van der Waals surface area contributed by atoms with Crippen LogP contribution in [0.15, 0.2) is 73.1 Å². The first kappa shape index (κ1) is 18.2. The smallest absolute Gasteiger partial charge is 0.115 e. The second kappa shape index (κ2) is 15.2. The Morgan fingerprint density at radius 1 is 0.850 bits per heavy atom. The highest BCUT2D eigenvalue weighted by Gasteiger charge is 1.98. The molecule has 0 saturated heterocycles. The molecule has 0 heterocycles. The van der Waals surface area contributed by atoms with Crippen LogP contribution < -0.4 is 0 Å². The van der Waals surface area contributed by atoms with Gasteiger partial charge in [-0.3, -0.25) is 0 Å². The zero-order chi connectivity index (χ0) is 14.9. The average molecular weight is 276 g/mol.